The van der Waals surface area contributed by atoms with Crippen molar-refractivity contribution in [3.05, 3.63) is 121 Å². The molecule has 2 aromatic heterocycles. The average molecular weight is 975 g/mol. The molecule has 0 fully saturated rings. The second-order valence-electron chi connectivity index (χ2n) is 15.7. The normalized spacial score (nSPS) is 18.5. The van der Waals surface area contributed by atoms with Crippen molar-refractivity contribution in [2.24, 2.45) is 10.8 Å². The number of hydrogen-bond donors (Lipinski definition) is 2. The summed E-state index contributed by atoms with van der Waals surface area (Å²) in [6.07, 6.45) is 19.6. The van der Waals surface area contributed by atoms with Crippen LogP contribution in [0.25, 0.3) is 12.2 Å². The molecule has 2 N–H and O–H groups in total. The first kappa shape index (κ1) is 56.4. The Balaban J connectivity index is 2.06. The van der Waals surface area contributed by atoms with Crippen LogP contribution in [0.15, 0.2) is 106 Å². The molecular weight excluding hydrogens is 917 g/mol. The molecule has 2 aromatic rings. The number of carboxylic acids is 2. The lowest BCUT2D eigenvalue weighted by atomic mass is 9.76. The van der Waals surface area contributed by atoms with Crippen LogP contribution in [0.1, 0.15) is 112 Å². The Morgan fingerprint density at radius 3 is 1.34 bits per heavy atom. The molecule has 4 bridgehead atoms. The van der Waals surface area contributed by atoms with Crippen molar-refractivity contribution in [1.82, 2.24) is 9.97 Å². The number of fused-ring (bicyclic) bond motifs is 4. The van der Waals surface area contributed by atoms with E-state index in [1.165, 1.54) is 62.5 Å². The van der Waals surface area contributed by atoms with Gasteiger partial charge in [0.15, 0.2) is 11.4 Å². The molecule has 0 amide bonds. The molecule has 20 nitrogen and oxygen atoms in total. The number of carbonyl (C=O) groups is 8. The van der Waals surface area contributed by atoms with Gasteiger partial charge in [-0.1, -0.05) is 72.9 Å². The Kier molecular flexibility index (Phi) is 22.9. The number of esters is 6. The minimum Gasteiger partial charge on any atom is -0.481 e. The van der Waals surface area contributed by atoms with E-state index in [0.717, 1.165) is 26.7 Å². The lowest BCUT2D eigenvalue weighted by Gasteiger charge is -2.38. The molecule has 0 saturated heterocycles. The van der Waals surface area contributed by atoms with Crippen LogP contribution >= 0.6 is 0 Å². The number of carbonyl (C=O) groups excluding carboxylic acids is 6. The molecule has 3 heterocycles. The lowest BCUT2D eigenvalue weighted by molar-refractivity contribution is -0.178. The third-order valence-corrected chi connectivity index (χ3v) is 10.6. The average Bonchev–Trinajstić information content (AvgIpc) is 4.01. The minimum absolute atomic E-state index is 0.0150. The zero-order chi connectivity index (χ0) is 51.7. The van der Waals surface area contributed by atoms with Gasteiger partial charge in [-0.2, -0.15) is 0 Å². The first-order valence-corrected chi connectivity index (χ1v) is 22.0. The van der Waals surface area contributed by atoms with Gasteiger partial charge in [0.1, 0.15) is 47.8 Å². The van der Waals surface area contributed by atoms with Crippen molar-refractivity contribution >= 4 is 59.9 Å². The van der Waals surface area contributed by atoms with Crippen molar-refractivity contribution in [2.45, 2.75) is 103 Å². The molecule has 20 heteroatoms. The second-order valence-corrected chi connectivity index (χ2v) is 15.7. The Morgan fingerprint density at radius 1 is 0.629 bits per heavy atom. The van der Waals surface area contributed by atoms with Gasteiger partial charge in [-0.3, -0.25) is 28.8 Å². The van der Waals surface area contributed by atoms with Gasteiger partial charge in [-0.15, -0.1) is 0 Å². The zero-order valence-electron chi connectivity index (χ0n) is 39.7. The first-order chi connectivity index (χ1) is 33.4. The summed E-state index contributed by atoms with van der Waals surface area (Å²) in [7, 11) is 2.24. The number of nitrogens with zero attached hydrogens (tertiary/aromatic N) is 2. The fraction of sp³-hybridized carbons (Fsp3) is 0.400. The highest BCUT2D eigenvalue weighted by Gasteiger charge is 2.53. The van der Waals surface area contributed by atoms with Gasteiger partial charge in [-0.05, 0) is 52.7 Å². The first-order valence-electron chi connectivity index (χ1n) is 22.0. The number of cyclic esters (lactones) is 2. The number of aliphatic carboxylic acids is 2. The summed E-state index contributed by atoms with van der Waals surface area (Å²) in [6, 6.07) is 0. The third-order valence-electron chi connectivity index (χ3n) is 10.6. The lowest BCUT2D eigenvalue weighted by Crippen LogP contribution is -2.52. The third kappa shape index (κ3) is 16.7. The SMILES string of the molecule is CC=CC(OC(=O)CCCC(=O)O)C(C)(C(=O)OC)C1CC=CC=CC=Cc2nc(co2)C(=O)OC(C(C)(C(=O)OC)C(C=CC)OC(=O)CCCC(=O)O)CC=CC=CC=Cc2nc(co2)C(=O)O1. The Morgan fingerprint density at radius 2 is 1.00 bits per heavy atom. The minimum atomic E-state index is -1.87. The molecule has 0 spiro atoms. The summed E-state index contributed by atoms with van der Waals surface area (Å²) in [5, 5.41) is 18.1. The summed E-state index contributed by atoms with van der Waals surface area (Å²) in [6.45, 7) is 6.05. The van der Waals surface area contributed by atoms with Gasteiger partial charge >= 0.3 is 47.8 Å². The van der Waals surface area contributed by atoms with E-state index in [-0.39, 0.29) is 74.5 Å². The molecule has 6 atom stereocenters. The maximum atomic E-state index is 13.7. The number of oxazole rings is 2. The van der Waals surface area contributed by atoms with Gasteiger partial charge in [-0.25, -0.2) is 19.6 Å². The van der Waals surface area contributed by atoms with E-state index < -0.39 is 83.0 Å². The predicted molar refractivity (Wildman–Crippen MR) is 248 cm³/mol. The number of rotatable bonds is 18. The zero-order valence-corrected chi connectivity index (χ0v) is 39.7. The van der Waals surface area contributed by atoms with E-state index in [9.17, 15) is 38.4 Å². The van der Waals surface area contributed by atoms with Crippen molar-refractivity contribution in [1.29, 1.82) is 0 Å². The van der Waals surface area contributed by atoms with E-state index in [0.29, 0.717) is 0 Å². The molecule has 70 heavy (non-hydrogen) atoms. The Bertz CT molecular complexity index is 2230. The number of allylic oxidation sites excluding steroid dienone is 10. The molecule has 6 unspecified atom stereocenters. The van der Waals surface area contributed by atoms with E-state index in [2.05, 4.69) is 9.97 Å². The number of hydrogen-bond acceptors (Lipinski definition) is 18. The Hall–Kier alpha value is -7.90. The van der Waals surface area contributed by atoms with Crippen LogP contribution in [0, 0.1) is 10.8 Å². The van der Waals surface area contributed by atoms with Crippen molar-refractivity contribution in [2.75, 3.05) is 14.2 Å². The van der Waals surface area contributed by atoms with Crippen molar-refractivity contribution < 1.29 is 85.8 Å². The standard InChI is InChI=1S/C50H58N2O18/c1-7-21-35(67-43(57)29-19-27-41(53)54)49(3,47(61)63-5)37-23-15-11-9-13-17-26-40-52-34(32-66-40)46(60)70-38(24-16-12-10-14-18-25-39-51-33(31-65-39)45(59)69-37)50(4,48(62)64-6)36(22-8-2)68-44(58)30-20-28-42(55)56/h7-18,21-22,25-26,31-32,35-38H,19-20,23-24,27-30H2,1-6H3,(H,53,54)(H,55,56). The fourth-order valence-electron chi connectivity index (χ4n) is 6.76. The monoisotopic (exact) mass is 974 g/mol. The number of methoxy groups -OCH3 is 2. The van der Waals surface area contributed by atoms with Crippen LogP contribution in [0.4, 0.5) is 0 Å². The summed E-state index contributed by atoms with van der Waals surface area (Å²) < 4.78 is 44.6. The van der Waals surface area contributed by atoms with E-state index in [1.807, 2.05) is 0 Å². The van der Waals surface area contributed by atoms with Crippen LogP contribution in [0.2, 0.25) is 0 Å². The van der Waals surface area contributed by atoms with Crippen LogP contribution in [-0.4, -0.2) is 107 Å². The van der Waals surface area contributed by atoms with Gasteiger partial charge in [0.25, 0.3) is 0 Å². The van der Waals surface area contributed by atoms with Gasteiger partial charge in [0, 0.05) is 50.7 Å². The molecular formula is C50H58N2O18. The van der Waals surface area contributed by atoms with Crippen LogP contribution < -0.4 is 0 Å². The molecule has 376 valence electrons. The van der Waals surface area contributed by atoms with Gasteiger partial charge in [0.2, 0.25) is 11.8 Å². The second kappa shape index (κ2) is 28.4. The van der Waals surface area contributed by atoms with Crippen molar-refractivity contribution in [3.63, 3.8) is 0 Å². The fourth-order valence-corrected chi connectivity index (χ4v) is 6.76. The predicted octanol–water partition coefficient (Wildman–Crippen LogP) is 7.30. The van der Waals surface area contributed by atoms with Crippen LogP contribution in [0.5, 0.6) is 0 Å². The molecule has 1 aliphatic rings. The number of aromatic nitrogens is 2. The summed E-state index contributed by atoms with van der Waals surface area (Å²) in [5.41, 5.74) is -4.27. The number of carboxylic acid groups (broad SMARTS) is 2. The maximum Gasteiger partial charge on any atom is 0.360 e. The van der Waals surface area contributed by atoms with Crippen LogP contribution in [0.3, 0.4) is 0 Å². The molecule has 0 aromatic carbocycles. The molecule has 0 aliphatic carbocycles. The quantitative estimate of drug-likeness (QED) is 0.0841. The van der Waals surface area contributed by atoms with Crippen LogP contribution in [-0.2, 0) is 57.2 Å². The van der Waals surface area contributed by atoms with E-state index in [4.69, 9.17) is 47.5 Å². The van der Waals surface area contributed by atoms with Crippen molar-refractivity contribution in [3.8, 4) is 0 Å². The largest absolute Gasteiger partial charge is 0.481 e. The summed E-state index contributed by atoms with van der Waals surface area (Å²) in [5.74, 6) is -7.61. The number of ether oxygens (including phenoxy) is 6. The van der Waals surface area contributed by atoms with E-state index >= 15 is 0 Å². The maximum absolute atomic E-state index is 13.7. The molecule has 1 aliphatic heterocycles. The van der Waals surface area contributed by atoms with E-state index in [1.54, 1.807) is 62.5 Å². The summed E-state index contributed by atoms with van der Waals surface area (Å²) in [4.78, 5) is 111. The molecule has 0 saturated carbocycles. The summed E-state index contributed by atoms with van der Waals surface area (Å²) >= 11 is 0. The highest BCUT2D eigenvalue weighted by molar-refractivity contribution is 5.89. The Labute approximate surface area is 404 Å². The van der Waals surface area contributed by atoms with Gasteiger partial charge < -0.3 is 47.5 Å². The molecule has 0 radical (unpaired) electrons. The molecule has 3 rings (SSSR count). The highest BCUT2D eigenvalue weighted by atomic mass is 16.6. The topological polar surface area (TPSA) is 284 Å². The smallest absolute Gasteiger partial charge is 0.360 e. The van der Waals surface area contributed by atoms with Gasteiger partial charge in [0.05, 0.1) is 14.2 Å². The highest BCUT2D eigenvalue weighted by Crippen LogP contribution is 2.38.